The number of aliphatic imine (C=N–C) groups is 1. The van der Waals surface area contributed by atoms with E-state index in [9.17, 15) is 4.79 Å². The lowest BCUT2D eigenvalue weighted by molar-refractivity contribution is 0.0919. The Morgan fingerprint density at radius 1 is 1.26 bits per heavy atom. The molecule has 0 unspecified atom stereocenters. The van der Waals surface area contributed by atoms with Crippen LogP contribution in [0.15, 0.2) is 29.3 Å². The van der Waals surface area contributed by atoms with E-state index in [1.165, 1.54) is 0 Å². The molecule has 1 aromatic carbocycles. The molecule has 1 aromatic rings. The van der Waals surface area contributed by atoms with E-state index in [0.717, 1.165) is 11.5 Å². The first-order valence-electron chi connectivity index (χ1n) is 7.60. The molecule has 0 bridgehead atoms. The highest BCUT2D eigenvalue weighted by Gasteiger charge is 2.15. The molecule has 0 aliphatic heterocycles. The van der Waals surface area contributed by atoms with Crippen LogP contribution in [0, 0.1) is 0 Å². The van der Waals surface area contributed by atoms with Gasteiger partial charge in [0.1, 0.15) is 0 Å². The fourth-order valence-corrected chi connectivity index (χ4v) is 1.89. The third kappa shape index (κ3) is 8.78. The van der Waals surface area contributed by atoms with Crippen LogP contribution in [0.3, 0.4) is 0 Å². The molecule has 5 nitrogen and oxygen atoms in total. The molecule has 0 fully saturated rings. The largest absolute Gasteiger partial charge is 0.354 e. The van der Waals surface area contributed by atoms with Crippen molar-refractivity contribution in [2.45, 2.75) is 52.7 Å². The minimum absolute atomic E-state index is 0. The van der Waals surface area contributed by atoms with Gasteiger partial charge in [0.2, 0.25) is 0 Å². The smallest absolute Gasteiger partial charge is 0.251 e. The van der Waals surface area contributed by atoms with Crippen molar-refractivity contribution in [1.29, 1.82) is 0 Å². The monoisotopic (exact) mass is 432 g/mol. The molecule has 0 aliphatic rings. The van der Waals surface area contributed by atoms with E-state index in [2.05, 4.69) is 34.8 Å². The molecule has 23 heavy (non-hydrogen) atoms. The highest BCUT2D eigenvalue weighted by atomic mass is 127. The summed E-state index contributed by atoms with van der Waals surface area (Å²) in [5, 5.41) is 9.44. The van der Waals surface area contributed by atoms with Gasteiger partial charge < -0.3 is 16.0 Å². The van der Waals surface area contributed by atoms with Gasteiger partial charge in [0.25, 0.3) is 5.91 Å². The molecule has 3 N–H and O–H groups in total. The molecule has 0 heterocycles. The molecule has 0 spiro atoms. The number of nitrogens with zero attached hydrogens (tertiary/aromatic N) is 1. The van der Waals surface area contributed by atoms with Gasteiger partial charge in [0.05, 0.1) is 0 Å². The topological polar surface area (TPSA) is 65.5 Å². The van der Waals surface area contributed by atoms with Crippen LogP contribution >= 0.6 is 24.0 Å². The van der Waals surface area contributed by atoms with Gasteiger partial charge in [0, 0.05) is 30.7 Å². The fourth-order valence-electron chi connectivity index (χ4n) is 1.89. The Hall–Kier alpha value is -1.31. The van der Waals surface area contributed by atoms with Crippen LogP contribution in [0.4, 0.5) is 0 Å². The van der Waals surface area contributed by atoms with Crippen LogP contribution in [-0.4, -0.2) is 30.5 Å². The summed E-state index contributed by atoms with van der Waals surface area (Å²) >= 11 is 0. The molecule has 0 radical (unpaired) electrons. The molecule has 130 valence electrons. The van der Waals surface area contributed by atoms with E-state index in [-0.39, 0.29) is 35.4 Å². The summed E-state index contributed by atoms with van der Waals surface area (Å²) in [7, 11) is 1.74. The van der Waals surface area contributed by atoms with Gasteiger partial charge in [-0.3, -0.25) is 9.79 Å². The highest BCUT2D eigenvalue weighted by Crippen LogP contribution is 2.08. The second kappa shape index (κ2) is 9.75. The predicted molar refractivity (Wildman–Crippen MR) is 108 cm³/mol. The second-order valence-electron chi connectivity index (χ2n) is 6.63. The summed E-state index contributed by atoms with van der Waals surface area (Å²) in [6.07, 6.45) is 0. The molecule has 6 heteroatoms. The van der Waals surface area contributed by atoms with Gasteiger partial charge in [0.15, 0.2) is 5.96 Å². The van der Waals surface area contributed by atoms with E-state index in [1.807, 2.05) is 45.0 Å². The average Bonchev–Trinajstić information content (AvgIpc) is 2.41. The number of carbonyl (C=O) groups is 1. The van der Waals surface area contributed by atoms with E-state index < -0.39 is 0 Å². The van der Waals surface area contributed by atoms with Crippen LogP contribution in [0.5, 0.6) is 0 Å². The van der Waals surface area contributed by atoms with Crippen molar-refractivity contribution in [2.75, 3.05) is 7.05 Å². The Labute approximate surface area is 156 Å². The van der Waals surface area contributed by atoms with Crippen LogP contribution in [0.25, 0.3) is 0 Å². The number of rotatable bonds is 4. The maximum Gasteiger partial charge on any atom is 0.251 e. The molecule has 1 amide bonds. The molecule has 0 saturated heterocycles. The summed E-state index contributed by atoms with van der Waals surface area (Å²) in [5.74, 6) is 0.693. The van der Waals surface area contributed by atoms with Gasteiger partial charge in [-0.25, -0.2) is 0 Å². The van der Waals surface area contributed by atoms with Gasteiger partial charge in [-0.15, -0.1) is 24.0 Å². The normalized spacial score (nSPS) is 11.7. The van der Waals surface area contributed by atoms with Crippen molar-refractivity contribution in [3.63, 3.8) is 0 Å². The zero-order valence-corrected chi connectivity index (χ0v) is 17.2. The van der Waals surface area contributed by atoms with E-state index in [1.54, 1.807) is 7.05 Å². The number of hydrogen-bond donors (Lipinski definition) is 3. The standard InChI is InChI=1S/C17H28N4O.HI/c1-12(2)20-16(18-6)19-11-13-8-7-9-14(10-13)15(22)21-17(3,4)5;/h7-10,12H,11H2,1-6H3,(H,21,22)(H2,18,19,20);1H. The molecule has 0 atom stereocenters. The van der Waals surface area contributed by atoms with Crippen molar-refractivity contribution in [2.24, 2.45) is 4.99 Å². The third-order valence-corrected chi connectivity index (χ3v) is 2.79. The van der Waals surface area contributed by atoms with Gasteiger partial charge in [-0.1, -0.05) is 12.1 Å². The molecule has 0 aromatic heterocycles. The van der Waals surface area contributed by atoms with Crippen LogP contribution in [0.1, 0.15) is 50.5 Å². The summed E-state index contributed by atoms with van der Waals surface area (Å²) in [6, 6.07) is 7.93. The van der Waals surface area contributed by atoms with Crippen molar-refractivity contribution in [3.05, 3.63) is 35.4 Å². The van der Waals surface area contributed by atoms with Gasteiger partial charge >= 0.3 is 0 Å². The Balaban J connectivity index is 0.00000484. The number of benzene rings is 1. The minimum atomic E-state index is -0.242. The first-order chi connectivity index (χ1) is 10.2. The van der Waals surface area contributed by atoms with Crippen molar-refractivity contribution < 1.29 is 4.79 Å². The molecule has 0 aliphatic carbocycles. The number of nitrogens with one attached hydrogen (secondary N) is 3. The summed E-state index contributed by atoms with van der Waals surface area (Å²) < 4.78 is 0. The van der Waals surface area contributed by atoms with Crippen LogP contribution < -0.4 is 16.0 Å². The predicted octanol–water partition coefficient (Wildman–Crippen LogP) is 2.91. The molecule has 0 saturated carbocycles. The quantitative estimate of drug-likeness (QED) is 0.390. The summed E-state index contributed by atoms with van der Waals surface area (Å²) in [4.78, 5) is 16.3. The van der Waals surface area contributed by atoms with E-state index in [4.69, 9.17) is 0 Å². The number of hydrogen-bond acceptors (Lipinski definition) is 2. The number of amides is 1. The van der Waals surface area contributed by atoms with Crippen molar-refractivity contribution in [1.82, 2.24) is 16.0 Å². The van der Waals surface area contributed by atoms with E-state index in [0.29, 0.717) is 18.2 Å². The third-order valence-electron chi connectivity index (χ3n) is 2.79. The second-order valence-corrected chi connectivity index (χ2v) is 6.63. The lowest BCUT2D eigenvalue weighted by Gasteiger charge is -2.20. The molecule has 1 rings (SSSR count). The maximum atomic E-state index is 12.2. The average molecular weight is 432 g/mol. The fraction of sp³-hybridized carbons (Fsp3) is 0.529. The minimum Gasteiger partial charge on any atom is -0.354 e. The Bertz CT molecular complexity index is 536. The Morgan fingerprint density at radius 3 is 2.43 bits per heavy atom. The van der Waals surface area contributed by atoms with Crippen molar-refractivity contribution >= 4 is 35.8 Å². The number of halogens is 1. The number of guanidine groups is 1. The molecular weight excluding hydrogens is 403 g/mol. The summed E-state index contributed by atoms with van der Waals surface area (Å²) in [6.45, 7) is 10.6. The first-order valence-corrected chi connectivity index (χ1v) is 7.60. The van der Waals surface area contributed by atoms with Crippen molar-refractivity contribution in [3.8, 4) is 0 Å². The Morgan fingerprint density at radius 2 is 1.91 bits per heavy atom. The van der Waals surface area contributed by atoms with Gasteiger partial charge in [-0.05, 0) is 52.3 Å². The maximum absolute atomic E-state index is 12.2. The van der Waals surface area contributed by atoms with Crippen LogP contribution in [-0.2, 0) is 6.54 Å². The molecular formula is C17H29IN4O. The first kappa shape index (κ1) is 21.7. The number of carbonyl (C=O) groups excluding carboxylic acids is 1. The van der Waals surface area contributed by atoms with Gasteiger partial charge in [-0.2, -0.15) is 0 Å². The van der Waals surface area contributed by atoms with Crippen LogP contribution in [0.2, 0.25) is 0 Å². The highest BCUT2D eigenvalue weighted by molar-refractivity contribution is 14.0. The lowest BCUT2D eigenvalue weighted by atomic mass is 10.1. The Kier molecular flexibility index (Phi) is 9.19. The lowest BCUT2D eigenvalue weighted by Crippen LogP contribution is -2.41. The zero-order chi connectivity index (χ0) is 16.8. The summed E-state index contributed by atoms with van der Waals surface area (Å²) in [5.41, 5.74) is 1.46. The zero-order valence-electron chi connectivity index (χ0n) is 14.9. The van der Waals surface area contributed by atoms with E-state index >= 15 is 0 Å². The SMILES string of the molecule is CN=C(NCc1cccc(C(=O)NC(C)(C)C)c1)NC(C)C.I.